The Balaban J connectivity index is 0.00000200. The summed E-state index contributed by atoms with van der Waals surface area (Å²) < 4.78 is 5.25. The summed E-state index contributed by atoms with van der Waals surface area (Å²) in [7, 11) is 1.65. The lowest BCUT2D eigenvalue weighted by molar-refractivity contribution is 0.0438. The molecule has 20 heavy (non-hydrogen) atoms. The normalized spacial score (nSPS) is 29.1. The number of aliphatic hydroxyl groups is 2. The van der Waals surface area contributed by atoms with Gasteiger partial charge in [0.25, 0.3) is 0 Å². The second-order valence-electron chi connectivity index (χ2n) is 5.44. The summed E-state index contributed by atoms with van der Waals surface area (Å²) in [5.74, 6) is 0. The van der Waals surface area contributed by atoms with Crippen molar-refractivity contribution in [2.45, 2.75) is 31.6 Å². The van der Waals surface area contributed by atoms with Crippen molar-refractivity contribution in [3.63, 3.8) is 0 Å². The van der Waals surface area contributed by atoms with Crippen molar-refractivity contribution in [1.82, 2.24) is 10.3 Å². The van der Waals surface area contributed by atoms with Crippen molar-refractivity contribution in [3.05, 3.63) is 30.1 Å². The van der Waals surface area contributed by atoms with E-state index in [0.29, 0.717) is 26.0 Å². The highest BCUT2D eigenvalue weighted by Gasteiger charge is 2.43. The summed E-state index contributed by atoms with van der Waals surface area (Å²) in [6.07, 6.45) is 3.43. The van der Waals surface area contributed by atoms with Gasteiger partial charge in [-0.25, -0.2) is 0 Å². The minimum Gasteiger partial charge on any atom is -0.390 e. The maximum absolute atomic E-state index is 9.73. The summed E-state index contributed by atoms with van der Waals surface area (Å²) in [5.41, 5.74) is 0.935. The highest BCUT2D eigenvalue weighted by atomic mass is 35.5. The zero-order valence-corrected chi connectivity index (χ0v) is 12.5. The number of aromatic nitrogens is 1. The number of ether oxygens (including phenoxy) is 1. The molecule has 1 aliphatic carbocycles. The fourth-order valence-electron chi connectivity index (χ4n) is 2.84. The van der Waals surface area contributed by atoms with Crippen LogP contribution in [0.1, 0.15) is 18.4 Å². The number of methoxy groups -OCH3 is 1. The number of nitrogens with one attached hydrogen (secondary N) is 1. The lowest BCUT2D eigenvalue weighted by Gasteiger charge is -2.28. The fourth-order valence-corrected chi connectivity index (χ4v) is 2.84. The molecule has 3 atom stereocenters. The molecule has 0 radical (unpaired) electrons. The van der Waals surface area contributed by atoms with Crippen LogP contribution < -0.4 is 5.32 Å². The molecule has 3 N–H and O–H groups in total. The van der Waals surface area contributed by atoms with Crippen molar-refractivity contribution < 1.29 is 14.9 Å². The van der Waals surface area contributed by atoms with Crippen LogP contribution >= 0.6 is 12.4 Å². The third-order valence-electron chi connectivity index (χ3n) is 3.73. The van der Waals surface area contributed by atoms with Crippen molar-refractivity contribution in [3.8, 4) is 0 Å². The van der Waals surface area contributed by atoms with E-state index >= 15 is 0 Å². The number of halogens is 1. The molecule has 1 aromatic heterocycles. The Hall–Kier alpha value is -0.720. The molecule has 1 aliphatic rings. The van der Waals surface area contributed by atoms with Gasteiger partial charge in [0.15, 0.2) is 0 Å². The lowest BCUT2D eigenvalue weighted by atomic mass is 9.86. The number of hydrogen-bond donors (Lipinski definition) is 3. The van der Waals surface area contributed by atoms with E-state index in [0.717, 1.165) is 12.1 Å². The highest BCUT2D eigenvalue weighted by Crippen LogP contribution is 2.38. The summed E-state index contributed by atoms with van der Waals surface area (Å²) in [6.45, 7) is 1.98. The smallest absolute Gasteiger partial charge is 0.0806 e. The Bertz CT molecular complexity index is 381. The molecule has 5 nitrogen and oxygen atoms in total. The van der Waals surface area contributed by atoms with Gasteiger partial charge in [-0.2, -0.15) is 0 Å². The summed E-state index contributed by atoms with van der Waals surface area (Å²) in [5, 5.41) is 22.8. The molecule has 1 unspecified atom stereocenters. The number of pyridine rings is 1. The third kappa shape index (κ3) is 4.40. The van der Waals surface area contributed by atoms with Gasteiger partial charge < -0.3 is 20.3 Å². The lowest BCUT2D eigenvalue weighted by Crippen LogP contribution is -2.36. The zero-order chi connectivity index (χ0) is 13.7. The molecule has 2 rings (SSSR count). The first-order valence-electron chi connectivity index (χ1n) is 6.60. The largest absolute Gasteiger partial charge is 0.390 e. The molecular weight excluding hydrogens is 280 g/mol. The van der Waals surface area contributed by atoms with E-state index in [4.69, 9.17) is 4.74 Å². The van der Waals surface area contributed by atoms with E-state index in [2.05, 4.69) is 10.3 Å². The highest BCUT2D eigenvalue weighted by molar-refractivity contribution is 5.85. The second-order valence-corrected chi connectivity index (χ2v) is 5.44. The molecule has 114 valence electrons. The molecule has 0 spiro atoms. The Morgan fingerprint density at radius 3 is 2.65 bits per heavy atom. The van der Waals surface area contributed by atoms with Crippen LogP contribution in [-0.2, 0) is 11.3 Å². The van der Waals surface area contributed by atoms with E-state index in [1.165, 1.54) is 0 Å². The Labute approximate surface area is 125 Å². The molecule has 0 aliphatic heterocycles. The van der Waals surface area contributed by atoms with Crippen LogP contribution in [0.2, 0.25) is 0 Å². The van der Waals surface area contributed by atoms with Gasteiger partial charge in [0.05, 0.1) is 18.8 Å². The van der Waals surface area contributed by atoms with E-state index in [-0.39, 0.29) is 17.8 Å². The molecule has 0 aromatic carbocycles. The van der Waals surface area contributed by atoms with Crippen LogP contribution in [0.3, 0.4) is 0 Å². The van der Waals surface area contributed by atoms with Gasteiger partial charge in [-0.3, -0.25) is 4.98 Å². The average molecular weight is 303 g/mol. The standard InChI is InChI=1S/C14H22N2O3.ClH/c1-19-10-14(5-12(17)13(18)6-14)9-16-8-11-3-2-4-15-7-11;/h2-4,7,12-13,16-18H,5-6,8-10H2,1H3;1H/t12-,13+,14?;. The van der Waals surface area contributed by atoms with Crippen molar-refractivity contribution >= 4 is 12.4 Å². The predicted molar refractivity (Wildman–Crippen MR) is 78.7 cm³/mol. The van der Waals surface area contributed by atoms with Gasteiger partial charge in [-0.05, 0) is 24.5 Å². The maximum Gasteiger partial charge on any atom is 0.0806 e. The van der Waals surface area contributed by atoms with Crippen LogP contribution in [0.5, 0.6) is 0 Å². The monoisotopic (exact) mass is 302 g/mol. The first kappa shape index (κ1) is 17.3. The minimum atomic E-state index is -0.643. The second kappa shape index (κ2) is 7.90. The average Bonchev–Trinajstić information content (AvgIpc) is 2.67. The van der Waals surface area contributed by atoms with E-state index in [1.807, 2.05) is 18.3 Å². The number of aliphatic hydroxyl groups excluding tert-OH is 2. The van der Waals surface area contributed by atoms with Crippen LogP contribution in [0.25, 0.3) is 0 Å². The molecule has 1 heterocycles. The van der Waals surface area contributed by atoms with Gasteiger partial charge in [-0.15, -0.1) is 12.4 Å². The first-order chi connectivity index (χ1) is 9.15. The summed E-state index contributed by atoms with van der Waals surface area (Å²) >= 11 is 0. The molecule has 0 saturated heterocycles. The summed E-state index contributed by atoms with van der Waals surface area (Å²) in [4.78, 5) is 4.07. The van der Waals surface area contributed by atoms with Gasteiger partial charge >= 0.3 is 0 Å². The number of hydrogen-bond acceptors (Lipinski definition) is 5. The number of nitrogens with zero attached hydrogens (tertiary/aromatic N) is 1. The minimum absolute atomic E-state index is 0. The van der Waals surface area contributed by atoms with E-state index in [9.17, 15) is 10.2 Å². The van der Waals surface area contributed by atoms with Crippen molar-refractivity contribution in [2.24, 2.45) is 5.41 Å². The van der Waals surface area contributed by atoms with Crippen molar-refractivity contribution in [2.75, 3.05) is 20.3 Å². The molecule has 1 saturated carbocycles. The van der Waals surface area contributed by atoms with Crippen LogP contribution in [0.4, 0.5) is 0 Å². The summed E-state index contributed by atoms with van der Waals surface area (Å²) in [6, 6.07) is 3.92. The van der Waals surface area contributed by atoms with Gasteiger partial charge in [0.2, 0.25) is 0 Å². The molecule has 0 amide bonds. The van der Waals surface area contributed by atoms with Crippen LogP contribution in [0.15, 0.2) is 24.5 Å². The maximum atomic E-state index is 9.73. The van der Waals surface area contributed by atoms with Crippen molar-refractivity contribution in [1.29, 1.82) is 0 Å². The molecule has 0 bridgehead atoms. The Morgan fingerprint density at radius 2 is 2.10 bits per heavy atom. The Kier molecular flexibility index (Phi) is 6.85. The van der Waals surface area contributed by atoms with Crippen LogP contribution in [-0.4, -0.2) is 47.7 Å². The van der Waals surface area contributed by atoms with Gasteiger partial charge in [0, 0.05) is 38.0 Å². The van der Waals surface area contributed by atoms with E-state index < -0.39 is 12.2 Å². The fraction of sp³-hybridized carbons (Fsp3) is 0.643. The quantitative estimate of drug-likeness (QED) is 0.723. The molecule has 1 aromatic rings. The first-order valence-corrected chi connectivity index (χ1v) is 6.60. The SMILES string of the molecule is COCC1(CNCc2cccnc2)C[C@@H](O)[C@@H](O)C1.Cl. The predicted octanol–water partition coefficient (Wildman–Crippen LogP) is 0.741. The topological polar surface area (TPSA) is 74.6 Å². The van der Waals surface area contributed by atoms with Gasteiger partial charge in [-0.1, -0.05) is 6.07 Å². The molecular formula is C14H23ClN2O3. The third-order valence-corrected chi connectivity index (χ3v) is 3.73. The molecule has 6 heteroatoms. The Morgan fingerprint density at radius 1 is 1.40 bits per heavy atom. The van der Waals surface area contributed by atoms with Crippen LogP contribution in [0, 0.1) is 5.41 Å². The van der Waals surface area contributed by atoms with E-state index in [1.54, 1.807) is 13.3 Å². The molecule has 1 fully saturated rings. The zero-order valence-electron chi connectivity index (χ0n) is 11.7. The van der Waals surface area contributed by atoms with Gasteiger partial charge in [0.1, 0.15) is 0 Å². The number of rotatable bonds is 6.